The van der Waals surface area contributed by atoms with Crippen molar-refractivity contribution in [2.24, 2.45) is 5.92 Å². The lowest BCUT2D eigenvalue weighted by Crippen LogP contribution is -2.41. The molecular weight excluding hydrogens is 240 g/mol. The van der Waals surface area contributed by atoms with Crippen molar-refractivity contribution in [3.05, 3.63) is 0 Å². The number of aliphatic hydroxyl groups is 1. The van der Waals surface area contributed by atoms with Crippen LogP contribution in [0.15, 0.2) is 0 Å². The fourth-order valence-corrected chi connectivity index (χ4v) is 3.37. The van der Waals surface area contributed by atoms with E-state index in [4.69, 9.17) is 5.11 Å². The van der Waals surface area contributed by atoms with Gasteiger partial charge in [-0.2, -0.15) is 0 Å². The van der Waals surface area contributed by atoms with E-state index >= 15 is 0 Å². The maximum absolute atomic E-state index is 12.0. The average molecular weight is 268 g/mol. The summed E-state index contributed by atoms with van der Waals surface area (Å²) in [6.07, 6.45) is 9.46. The zero-order chi connectivity index (χ0) is 13.5. The van der Waals surface area contributed by atoms with Crippen LogP contribution in [0.25, 0.3) is 0 Å². The second-order valence-electron chi connectivity index (χ2n) is 6.16. The lowest BCUT2D eigenvalue weighted by Gasteiger charge is -2.20. The molecule has 2 fully saturated rings. The van der Waals surface area contributed by atoms with Crippen LogP contribution >= 0.6 is 0 Å². The first-order valence-corrected chi connectivity index (χ1v) is 7.90. The summed E-state index contributed by atoms with van der Waals surface area (Å²) in [5.74, 6) is 0.771. The van der Waals surface area contributed by atoms with Gasteiger partial charge in [0.15, 0.2) is 0 Å². The number of likely N-dealkylation sites (tertiary alicyclic amines) is 1. The molecule has 4 nitrogen and oxygen atoms in total. The van der Waals surface area contributed by atoms with Crippen LogP contribution in [-0.2, 0) is 4.79 Å². The molecule has 1 aliphatic heterocycles. The van der Waals surface area contributed by atoms with Crippen LogP contribution in [0.3, 0.4) is 0 Å². The Morgan fingerprint density at radius 2 is 1.89 bits per heavy atom. The van der Waals surface area contributed by atoms with Crippen molar-refractivity contribution >= 4 is 5.91 Å². The molecule has 0 spiro atoms. The highest BCUT2D eigenvalue weighted by Gasteiger charge is 2.24. The van der Waals surface area contributed by atoms with Gasteiger partial charge in [-0.1, -0.05) is 25.7 Å². The van der Waals surface area contributed by atoms with Gasteiger partial charge in [0.05, 0.1) is 6.54 Å². The minimum absolute atomic E-state index is 0.191. The number of nitrogens with one attached hydrogen (secondary N) is 1. The Bertz CT molecular complexity index is 275. The summed E-state index contributed by atoms with van der Waals surface area (Å²) in [5.41, 5.74) is 0. The highest BCUT2D eigenvalue weighted by molar-refractivity contribution is 5.78. The minimum Gasteiger partial charge on any atom is -0.396 e. The van der Waals surface area contributed by atoms with E-state index in [1.807, 2.05) is 0 Å². The number of rotatable bonds is 5. The van der Waals surface area contributed by atoms with E-state index in [-0.39, 0.29) is 12.5 Å². The molecule has 0 radical (unpaired) electrons. The van der Waals surface area contributed by atoms with E-state index in [9.17, 15) is 4.79 Å². The first kappa shape index (κ1) is 14.8. The van der Waals surface area contributed by atoms with E-state index in [1.165, 1.54) is 25.7 Å². The van der Waals surface area contributed by atoms with Crippen LogP contribution in [-0.4, -0.2) is 48.2 Å². The highest BCUT2D eigenvalue weighted by Crippen LogP contribution is 2.19. The molecule has 0 aromatic rings. The zero-order valence-corrected chi connectivity index (χ0v) is 11.9. The number of hydrogen-bond acceptors (Lipinski definition) is 3. The summed E-state index contributed by atoms with van der Waals surface area (Å²) in [6.45, 7) is 2.78. The third-order valence-corrected chi connectivity index (χ3v) is 4.49. The fourth-order valence-electron chi connectivity index (χ4n) is 3.37. The zero-order valence-electron chi connectivity index (χ0n) is 11.9. The van der Waals surface area contributed by atoms with Gasteiger partial charge in [0.25, 0.3) is 0 Å². The van der Waals surface area contributed by atoms with Crippen molar-refractivity contribution in [2.45, 2.75) is 57.4 Å². The molecule has 1 aliphatic carbocycles. The molecule has 19 heavy (non-hydrogen) atoms. The van der Waals surface area contributed by atoms with Gasteiger partial charge >= 0.3 is 0 Å². The first-order valence-electron chi connectivity index (χ1n) is 7.90. The molecule has 1 saturated heterocycles. The van der Waals surface area contributed by atoms with Crippen LogP contribution in [0.5, 0.6) is 0 Å². The average Bonchev–Trinajstić information content (AvgIpc) is 2.65. The molecule has 2 aliphatic rings. The number of hydrogen-bond donors (Lipinski definition) is 2. The van der Waals surface area contributed by atoms with Crippen LogP contribution in [0, 0.1) is 5.92 Å². The highest BCUT2D eigenvalue weighted by atomic mass is 16.3. The largest absolute Gasteiger partial charge is 0.396 e. The van der Waals surface area contributed by atoms with E-state index in [0.717, 1.165) is 38.8 Å². The molecule has 110 valence electrons. The summed E-state index contributed by atoms with van der Waals surface area (Å²) in [5, 5.41) is 12.1. The maximum Gasteiger partial charge on any atom is 0.234 e. The molecule has 2 N–H and O–H groups in total. The van der Waals surface area contributed by atoms with Gasteiger partial charge in [0, 0.05) is 19.2 Å². The Hall–Kier alpha value is -0.610. The molecule has 1 atom stereocenters. The van der Waals surface area contributed by atoms with Gasteiger partial charge in [0.1, 0.15) is 0 Å². The van der Waals surface area contributed by atoms with Gasteiger partial charge in [-0.05, 0) is 38.1 Å². The Balaban J connectivity index is 1.66. The van der Waals surface area contributed by atoms with Gasteiger partial charge in [-0.3, -0.25) is 9.69 Å². The second kappa shape index (κ2) is 7.85. The number of carbonyl (C=O) groups is 1. The molecule has 1 unspecified atom stereocenters. The quantitative estimate of drug-likeness (QED) is 0.744. The third kappa shape index (κ3) is 5.11. The van der Waals surface area contributed by atoms with Crippen LogP contribution in [0.1, 0.15) is 51.4 Å². The van der Waals surface area contributed by atoms with Gasteiger partial charge in [0.2, 0.25) is 5.91 Å². The predicted octanol–water partition coefficient (Wildman–Crippen LogP) is 1.53. The normalized spacial score (nSPS) is 26.3. The van der Waals surface area contributed by atoms with Gasteiger partial charge in [-0.15, -0.1) is 0 Å². The van der Waals surface area contributed by atoms with Crippen molar-refractivity contribution in [1.82, 2.24) is 10.2 Å². The maximum atomic E-state index is 12.0. The third-order valence-electron chi connectivity index (χ3n) is 4.49. The monoisotopic (exact) mass is 268 g/mol. The number of amides is 1. The molecule has 1 heterocycles. The van der Waals surface area contributed by atoms with Crippen molar-refractivity contribution in [1.29, 1.82) is 0 Å². The molecule has 1 saturated carbocycles. The fraction of sp³-hybridized carbons (Fsp3) is 0.933. The lowest BCUT2D eigenvalue weighted by molar-refractivity contribution is -0.122. The summed E-state index contributed by atoms with van der Waals surface area (Å²) in [6, 6.07) is 0.408. The Morgan fingerprint density at radius 1 is 1.16 bits per heavy atom. The first-order chi connectivity index (χ1) is 9.28. The molecule has 1 amide bonds. The molecule has 4 heteroatoms. The number of aliphatic hydroxyl groups excluding tert-OH is 1. The molecule has 0 aromatic heterocycles. The van der Waals surface area contributed by atoms with Crippen molar-refractivity contribution in [2.75, 3.05) is 26.2 Å². The Labute approximate surface area is 116 Å². The molecule has 0 aromatic carbocycles. The Kier molecular flexibility index (Phi) is 6.11. The van der Waals surface area contributed by atoms with Gasteiger partial charge < -0.3 is 10.4 Å². The SMILES string of the molecule is O=C(CN1CCC(CCO)C1)NC1CCCCCC1. The standard InChI is InChI=1S/C15H28N2O2/c18-10-8-13-7-9-17(11-13)12-15(19)16-14-5-3-1-2-4-6-14/h13-14,18H,1-12H2,(H,16,19). The van der Waals surface area contributed by atoms with Crippen molar-refractivity contribution < 1.29 is 9.90 Å². The van der Waals surface area contributed by atoms with E-state index < -0.39 is 0 Å². The minimum atomic E-state index is 0.191. The molecular formula is C15H28N2O2. The number of nitrogens with zero attached hydrogens (tertiary/aromatic N) is 1. The van der Waals surface area contributed by atoms with Crippen LogP contribution in [0.2, 0.25) is 0 Å². The summed E-state index contributed by atoms with van der Waals surface area (Å²) in [7, 11) is 0. The predicted molar refractivity (Wildman–Crippen MR) is 75.9 cm³/mol. The summed E-state index contributed by atoms with van der Waals surface area (Å²) < 4.78 is 0. The molecule has 0 bridgehead atoms. The van der Waals surface area contributed by atoms with Gasteiger partial charge in [-0.25, -0.2) is 0 Å². The molecule has 2 rings (SSSR count). The van der Waals surface area contributed by atoms with Crippen molar-refractivity contribution in [3.8, 4) is 0 Å². The van der Waals surface area contributed by atoms with E-state index in [2.05, 4.69) is 10.2 Å². The lowest BCUT2D eigenvalue weighted by atomic mass is 10.1. The van der Waals surface area contributed by atoms with E-state index in [1.54, 1.807) is 0 Å². The van der Waals surface area contributed by atoms with Crippen LogP contribution < -0.4 is 5.32 Å². The summed E-state index contributed by atoms with van der Waals surface area (Å²) >= 11 is 0. The number of carbonyl (C=O) groups excluding carboxylic acids is 1. The summed E-state index contributed by atoms with van der Waals surface area (Å²) in [4.78, 5) is 14.3. The second-order valence-corrected chi connectivity index (χ2v) is 6.16. The van der Waals surface area contributed by atoms with E-state index in [0.29, 0.717) is 18.5 Å². The van der Waals surface area contributed by atoms with Crippen molar-refractivity contribution in [3.63, 3.8) is 0 Å². The smallest absolute Gasteiger partial charge is 0.234 e. The Morgan fingerprint density at radius 3 is 2.58 bits per heavy atom. The van der Waals surface area contributed by atoms with Crippen LogP contribution in [0.4, 0.5) is 0 Å². The topological polar surface area (TPSA) is 52.6 Å².